The van der Waals surface area contributed by atoms with Crippen molar-refractivity contribution in [3.05, 3.63) is 39.0 Å². The molecule has 0 bridgehead atoms. The number of carbonyl (C=O) groups is 3. The summed E-state index contributed by atoms with van der Waals surface area (Å²) in [5.74, 6) is -3.53. The van der Waals surface area contributed by atoms with Crippen molar-refractivity contribution < 1.29 is 37.0 Å². The summed E-state index contributed by atoms with van der Waals surface area (Å²) in [5.41, 5.74) is 1.93. The van der Waals surface area contributed by atoms with Crippen LogP contribution in [-0.4, -0.2) is 70.2 Å². The molecule has 0 aliphatic heterocycles. The van der Waals surface area contributed by atoms with Gasteiger partial charge in [0.2, 0.25) is 5.91 Å². The van der Waals surface area contributed by atoms with E-state index < -0.39 is 39.1 Å². The van der Waals surface area contributed by atoms with E-state index in [9.17, 15) is 22.8 Å². The first-order valence-corrected chi connectivity index (χ1v) is 16.1. The van der Waals surface area contributed by atoms with Crippen molar-refractivity contribution in [2.45, 2.75) is 38.6 Å². The van der Waals surface area contributed by atoms with Crippen LogP contribution in [0.15, 0.2) is 23.2 Å². The number of nitrogens with one attached hydrogen (secondary N) is 1. The smallest absolute Gasteiger partial charge is 0.341 e. The molecule has 1 aromatic carbocycles. The van der Waals surface area contributed by atoms with Gasteiger partial charge in [0.05, 0.1) is 36.6 Å². The van der Waals surface area contributed by atoms with Gasteiger partial charge >= 0.3 is 5.97 Å². The highest BCUT2D eigenvalue weighted by atomic mass is 32.2. The Morgan fingerprint density at radius 1 is 1.05 bits per heavy atom. The Hall–Kier alpha value is -3.07. The van der Waals surface area contributed by atoms with Crippen molar-refractivity contribution in [2.75, 3.05) is 44.8 Å². The average molecular weight is 610 g/mol. The Morgan fingerprint density at radius 3 is 2.55 bits per heavy atom. The van der Waals surface area contributed by atoms with Crippen LogP contribution in [0.4, 0.5) is 5.00 Å². The molecule has 0 unspecified atom stereocenters. The molecule has 3 aromatic rings. The number of aromatic nitrogens is 1. The number of amides is 2. The molecule has 4 rings (SSSR count). The number of aryl methyl sites for hydroxylation is 1. The van der Waals surface area contributed by atoms with Crippen molar-refractivity contribution in [2.24, 2.45) is 4.99 Å². The molecule has 40 heavy (non-hydrogen) atoms. The summed E-state index contributed by atoms with van der Waals surface area (Å²) in [4.78, 5) is 43.4. The number of fused-ring (bicyclic) bond motifs is 2. The van der Waals surface area contributed by atoms with Crippen molar-refractivity contribution >= 4 is 65.5 Å². The normalized spacial score (nSPS) is 14.0. The van der Waals surface area contributed by atoms with Crippen LogP contribution in [0.25, 0.3) is 10.2 Å². The van der Waals surface area contributed by atoms with Crippen LogP contribution in [0.5, 0.6) is 5.75 Å². The fraction of sp³-hybridized carbons (Fsp3) is 0.462. The Balaban J connectivity index is 1.51. The molecule has 1 aliphatic carbocycles. The fourth-order valence-corrected chi connectivity index (χ4v) is 7.96. The molecule has 2 amide bonds. The molecule has 2 heterocycles. The Labute approximate surface area is 239 Å². The number of anilines is 1. The SMILES string of the molecule is COCCn1c(=NC(=O)CS(=O)(=O)CC(=O)Nc2sc3c(c2C(=O)OC)CCCCC3)sc2cc(OC)ccc21. The Bertz CT molecular complexity index is 1600. The van der Waals surface area contributed by atoms with Crippen LogP contribution in [0.2, 0.25) is 0 Å². The lowest BCUT2D eigenvalue weighted by Crippen LogP contribution is -2.28. The number of benzene rings is 1. The zero-order chi connectivity index (χ0) is 28.9. The third-order valence-electron chi connectivity index (χ3n) is 6.39. The van der Waals surface area contributed by atoms with E-state index in [1.54, 1.807) is 30.9 Å². The number of sulfone groups is 1. The van der Waals surface area contributed by atoms with Crippen LogP contribution >= 0.6 is 22.7 Å². The van der Waals surface area contributed by atoms with Crippen LogP contribution in [0.3, 0.4) is 0 Å². The number of esters is 1. The molecular formula is C26H31N3O8S3. The lowest BCUT2D eigenvalue weighted by molar-refractivity contribution is -0.115. The molecule has 1 N–H and O–H groups in total. The molecule has 0 saturated carbocycles. The van der Waals surface area contributed by atoms with Crippen molar-refractivity contribution in [3.8, 4) is 5.75 Å². The predicted molar refractivity (Wildman–Crippen MR) is 153 cm³/mol. The molecular weight excluding hydrogens is 579 g/mol. The van der Waals surface area contributed by atoms with E-state index in [-0.39, 0.29) is 10.6 Å². The molecule has 2 aromatic heterocycles. The molecule has 0 radical (unpaired) electrons. The minimum Gasteiger partial charge on any atom is -0.497 e. The molecule has 216 valence electrons. The van der Waals surface area contributed by atoms with Gasteiger partial charge in [-0.2, -0.15) is 4.99 Å². The minimum absolute atomic E-state index is 0.273. The molecule has 11 nitrogen and oxygen atoms in total. The lowest BCUT2D eigenvalue weighted by Gasteiger charge is -2.08. The first-order valence-electron chi connectivity index (χ1n) is 12.6. The van der Waals surface area contributed by atoms with Gasteiger partial charge in [-0.15, -0.1) is 11.3 Å². The lowest BCUT2D eigenvalue weighted by atomic mass is 10.1. The number of thiophene rings is 1. The number of methoxy groups -OCH3 is 3. The highest BCUT2D eigenvalue weighted by molar-refractivity contribution is 7.92. The summed E-state index contributed by atoms with van der Waals surface area (Å²) in [6.45, 7) is 0.759. The molecule has 0 spiro atoms. The zero-order valence-electron chi connectivity index (χ0n) is 22.5. The maximum absolute atomic E-state index is 12.8. The second kappa shape index (κ2) is 13.1. The Morgan fingerprint density at radius 2 is 1.82 bits per heavy atom. The number of rotatable bonds is 10. The van der Waals surface area contributed by atoms with Gasteiger partial charge in [0.1, 0.15) is 22.3 Å². The highest BCUT2D eigenvalue weighted by Crippen LogP contribution is 2.38. The number of ether oxygens (including phenoxy) is 3. The van der Waals surface area contributed by atoms with E-state index in [2.05, 4.69) is 10.3 Å². The van der Waals surface area contributed by atoms with Gasteiger partial charge in [-0.05, 0) is 49.4 Å². The summed E-state index contributed by atoms with van der Waals surface area (Å²) >= 11 is 2.49. The monoisotopic (exact) mass is 609 g/mol. The maximum Gasteiger partial charge on any atom is 0.341 e. The third-order valence-corrected chi connectivity index (χ3v) is 10.0. The van der Waals surface area contributed by atoms with Gasteiger partial charge in [-0.1, -0.05) is 17.8 Å². The van der Waals surface area contributed by atoms with Gasteiger partial charge in [0.25, 0.3) is 5.91 Å². The second-order valence-corrected chi connectivity index (χ2v) is 13.4. The summed E-state index contributed by atoms with van der Waals surface area (Å²) in [7, 11) is 0.214. The summed E-state index contributed by atoms with van der Waals surface area (Å²) in [5, 5.41) is 2.85. The number of carbonyl (C=O) groups excluding carboxylic acids is 3. The molecule has 0 saturated heterocycles. The van der Waals surface area contributed by atoms with Crippen LogP contribution < -0.4 is 14.9 Å². The molecule has 14 heteroatoms. The Kier molecular flexibility index (Phi) is 9.77. The van der Waals surface area contributed by atoms with E-state index in [0.29, 0.717) is 30.1 Å². The predicted octanol–water partition coefficient (Wildman–Crippen LogP) is 2.96. The van der Waals surface area contributed by atoms with Crippen molar-refractivity contribution in [1.29, 1.82) is 0 Å². The standard InChI is InChI=1S/C26H31N3O8S3/c1-35-12-11-29-18-10-9-16(36-2)13-20(18)39-26(29)28-22(31)15-40(33,34)14-21(30)27-24-23(25(32)37-3)17-7-5-4-6-8-19(17)38-24/h9-10,13H,4-8,11-12,14-15H2,1-3H3,(H,27,30). The highest BCUT2D eigenvalue weighted by Gasteiger charge is 2.28. The van der Waals surface area contributed by atoms with E-state index in [1.807, 2.05) is 6.07 Å². The maximum atomic E-state index is 12.8. The van der Waals surface area contributed by atoms with Gasteiger partial charge < -0.3 is 24.1 Å². The van der Waals surface area contributed by atoms with E-state index in [4.69, 9.17) is 14.2 Å². The molecule has 0 fully saturated rings. The number of nitrogens with zero attached hydrogens (tertiary/aromatic N) is 2. The largest absolute Gasteiger partial charge is 0.497 e. The zero-order valence-corrected chi connectivity index (χ0v) is 24.9. The van der Waals surface area contributed by atoms with Gasteiger partial charge in [-0.25, -0.2) is 13.2 Å². The van der Waals surface area contributed by atoms with Crippen molar-refractivity contribution in [1.82, 2.24) is 4.57 Å². The number of hydrogen-bond acceptors (Lipinski definition) is 10. The number of hydrogen-bond donors (Lipinski definition) is 1. The van der Waals surface area contributed by atoms with E-state index >= 15 is 0 Å². The summed E-state index contributed by atoms with van der Waals surface area (Å²) in [6.07, 6.45) is 4.40. The molecule has 1 aliphatic rings. The van der Waals surface area contributed by atoms with Gasteiger partial charge in [0, 0.05) is 18.5 Å². The average Bonchev–Trinajstić information content (AvgIpc) is 3.31. The van der Waals surface area contributed by atoms with Crippen LogP contribution in [0, 0.1) is 0 Å². The number of thiazole rings is 1. The summed E-state index contributed by atoms with van der Waals surface area (Å²) in [6, 6.07) is 5.42. The fourth-order valence-electron chi connectivity index (χ4n) is 4.55. The first kappa shape index (κ1) is 29.9. The van der Waals surface area contributed by atoms with Crippen LogP contribution in [0.1, 0.15) is 40.1 Å². The first-order chi connectivity index (χ1) is 19.2. The van der Waals surface area contributed by atoms with Gasteiger partial charge in [-0.3, -0.25) is 9.59 Å². The quantitative estimate of drug-likeness (QED) is 0.273. The van der Waals surface area contributed by atoms with Crippen LogP contribution in [-0.2, 0) is 48.3 Å². The second-order valence-electron chi connectivity index (χ2n) is 9.21. The topological polar surface area (TPSA) is 142 Å². The van der Waals surface area contributed by atoms with Crippen molar-refractivity contribution in [3.63, 3.8) is 0 Å². The third kappa shape index (κ3) is 6.97. The molecule has 0 atom stereocenters. The summed E-state index contributed by atoms with van der Waals surface area (Å²) < 4.78 is 43.5. The van der Waals surface area contributed by atoms with E-state index in [0.717, 1.165) is 46.3 Å². The van der Waals surface area contributed by atoms with E-state index in [1.165, 1.54) is 29.8 Å². The van der Waals surface area contributed by atoms with Gasteiger partial charge in [0.15, 0.2) is 14.6 Å². The minimum atomic E-state index is -4.15.